The summed E-state index contributed by atoms with van der Waals surface area (Å²) in [6.07, 6.45) is 9.95. The van der Waals surface area contributed by atoms with Gasteiger partial charge < -0.3 is 19.7 Å². The number of unbranched alkanes of at least 4 members (excludes halogenated alkanes) is 6. The summed E-state index contributed by atoms with van der Waals surface area (Å²) in [6, 6.07) is 1.93. The summed E-state index contributed by atoms with van der Waals surface area (Å²) in [5.41, 5.74) is 1.48. The molecule has 0 aliphatic carbocycles. The predicted octanol–water partition coefficient (Wildman–Crippen LogP) is 5.15. The van der Waals surface area contributed by atoms with Crippen LogP contribution in [0.25, 0.3) is 0 Å². The predicted molar refractivity (Wildman–Crippen MR) is 103 cm³/mol. The van der Waals surface area contributed by atoms with E-state index in [-0.39, 0.29) is 5.75 Å². The highest BCUT2D eigenvalue weighted by atomic mass is 16.5. The monoisotopic (exact) mass is 352 g/mol. The largest absolute Gasteiger partial charge is 0.504 e. The van der Waals surface area contributed by atoms with Crippen LogP contribution in [0, 0.1) is 6.92 Å². The second-order valence-corrected chi connectivity index (χ2v) is 7.54. The highest BCUT2D eigenvalue weighted by Crippen LogP contribution is 2.41. The molecule has 1 aromatic carbocycles. The van der Waals surface area contributed by atoms with Crippen molar-refractivity contribution in [1.29, 1.82) is 0 Å². The van der Waals surface area contributed by atoms with Crippen molar-refractivity contribution >= 4 is 0 Å². The van der Waals surface area contributed by atoms with E-state index in [4.69, 9.17) is 9.47 Å². The first-order chi connectivity index (χ1) is 11.8. The van der Waals surface area contributed by atoms with E-state index in [1.807, 2.05) is 26.8 Å². The molecule has 144 valence electrons. The van der Waals surface area contributed by atoms with Gasteiger partial charge in [-0.1, -0.05) is 38.5 Å². The molecule has 25 heavy (non-hydrogen) atoms. The highest BCUT2D eigenvalue weighted by molar-refractivity contribution is 5.58. The van der Waals surface area contributed by atoms with Gasteiger partial charge >= 0.3 is 0 Å². The third-order valence-corrected chi connectivity index (χ3v) is 4.69. The quantitative estimate of drug-likeness (QED) is 0.511. The van der Waals surface area contributed by atoms with Crippen LogP contribution in [0.3, 0.4) is 0 Å². The molecule has 0 aliphatic rings. The zero-order chi connectivity index (χ0) is 18.9. The third kappa shape index (κ3) is 7.55. The fourth-order valence-electron chi connectivity index (χ4n) is 3.20. The second kappa shape index (κ2) is 10.5. The molecule has 0 fully saturated rings. The van der Waals surface area contributed by atoms with Crippen LogP contribution in [0.5, 0.6) is 17.2 Å². The minimum absolute atomic E-state index is 0.214. The Kier molecular flexibility index (Phi) is 9.12. The normalized spacial score (nSPS) is 11.6. The summed E-state index contributed by atoms with van der Waals surface area (Å²) < 4.78 is 10.5. The van der Waals surface area contributed by atoms with Crippen LogP contribution < -0.4 is 9.47 Å². The first kappa shape index (κ1) is 21.6. The molecule has 0 aliphatic heterocycles. The van der Waals surface area contributed by atoms with E-state index in [0.717, 1.165) is 36.8 Å². The molecule has 0 spiro atoms. The van der Waals surface area contributed by atoms with Crippen LogP contribution in [-0.4, -0.2) is 30.0 Å². The van der Waals surface area contributed by atoms with Gasteiger partial charge in [0, 0.05) is 5.56 Å². The molecular formula is C21H36O4. The lowest BCUT2D eigenvalue weighted by Crippen LogP contribution is -2.17. The van der Waals surface area contributed by atoms with Crippen LogP contribution in [0.15, 0.2) is 6.07 Å². The number of ether oxygens (including phenoxy) is 2. The maximum atomic E-state index is 10.4. The Morgan fingerprint density at radius 2 is 1.48 bits per heavy atom. The van der Waals surface area contributed by atoms with Crippen molar-refractivity contribution in [2.75, 3.05) is 14.2 Å². The second-order valence-electron chi connectivity index (χ2n) is 7.54. The summed E-state index contributed by atoms with van der Waals surface area (Å²) in [6.45, 7) is 5.75. The minimum Gasteiger partial charge on any atom is -0.504 e. The Morgan fingerprint density at radius 1 is 0.920 bits per heavy atom. The van der Waals surface area contributed by atoms with Crippen LogP contribution in [-0.2, 0) is 6.42 Å². The number of aryl methyl sites for hydroxylation is 1. The van der Waals surface area contributed by atoms with Gasteiger partial charge in [-0.2, -0.15) is 0 Å². The summed E-state index contributed by atoms with van der Waals surface area (Å²) >= 11 is 0. The Hall–Kier alpha value is -1.42. The van der Waals surface area contributed by atoms with Crippen LogP contribution in [0.4, 0.5) is 0 Å². The minimum atomic E-state index is -0.528. The average molecular weight is 353 g/mol. The van der Waals surface area contributed by atoms with Gasteiger partial charge in [0.1, 0.15) is 0 Å². The molecule has 0 amide bonds. The zero-order valence-corrected chi connectivity index (χ0v) is 16.7. The number of phenolic OH excluding ortho intramolecular Hbond substituents is 1. The lowest BCUT2D eigenvalue weighted by Gasteiger charge is -2.16. The fraction of sp³-hybridized carbons (Fsp3) is 0.714. The summed E-state index contributed by atoms with van der Waals surface area (Å²) in [4.78, 5) is 0. The van der Waals surface area contributed by atoms with Gasteiger partial charge in [-0.05, 0) is 51.7 Å². The molecule has 0 radical (unpaired) electrons. The number of hydrogen-bond donors (Lipinski definition) is 2. The standard InChI is InChI=1S/C21H36O4/c1-16-15-18(24-4)20(25-5)19(22)17(16)13-11-9-7-6-8-10-12-14-21(2,3)23/h15,22-23H,6-14H2,1-5H3. The highest BCUT2D eigenvalue weighted by Gasteiger charge is 2.16. The van der Waals surface area contributed by atoms with Crippen molar-refractivity contribution in [3.63, 3.8) is 0 Å². The van der Waals surface area contributed by atoms with E-state index >= 15 is 0 Å². The molecule has 0 saturated heterocycles. The molecule has 2 N–H and O–H groups in total. The first-order valence-electron chi connectivity index (χ1n) is 9.46. The van der Waals surface area contributed by atoms with Crippen LogP contribution in [0.2, 0.25) is 0 Å². The number of aliphatic hydroxyl groups is 1. The van der Waals surface area contributed by atoms with Crippen LogP contribution >= 0.6 is 0 Å². The topological polar surface area (TPSA) is 58.9 Å². The molecule has 1 aromatic rings. The third-order valence-electron chi connectivity index (χ3n) is 4.69. The van der Waals surface area contributed by atoms with Crippen molar-refractivity contribution in [3.05, 3.63) is 17.2 Å². The Morgan fingerprint density at radius 3 is 2.00 bits per heavy atom. The SMILES string of the molecule is COc1cc(C)c(CCCCCCCCCC(C)(C)O)c(O)c1OC. The molecule has 0 saturated carbocycles. The molecule has 0 bridgehead atoms. The lowest BCUT2D eigenvalue weighted by atomic mass is 9.98. The first-order valence-corrected chi connectivity index (χ1v) is 9.46. The van der Waals surface area contributed by atoms with E-state index in [9.17, 15) is 10.2 Å². The van der Waals surface area contributed by atoms with Crippen molar-refractivity contribution in [2.24, 2.45) is 0 Å². The van der Waals surface area contributed by atoms with Crippen molar-refractivity contribution in [3.8, 4) is 17.2 Å². The maximum Gasteiger partial charge on any atom is 0.203 e. The smallest absolute Gasteiger partial charge is 0.203 e. The van der Waals surface area contributed by atoms with E-state index in [2.05, 4.69) is 0 Å². The van der Waals surface area contributed by atoms with Crippen molar-refractivity contribution in [2.45, 2.75) is 84.2 Å². The molecule has 0 atom stereocenters. The summed E-state index contributed by atoms with van der Waals surface area (Å²) in [5, 5.41) is 20.1. The van der Waals surface area contributed by atoms with Crippen molar-refractivity contribution < 1.29 is 19.7 Å². The molecule has 0 aromatic heterocycles. The van der Waals surface area contributed by atoms with E-state index in [1.165, 1.54) is 32.1 Å². The molecule has 0 unspecified atom stereocenters. The van der Waals surface area contributed by atoms with Crippen LogP contribution in [0.1, 0.15) is 76.3 Å². The molecule has 1 rings (SSSR count). The Bertz CT molecular complexity index is 518. The fourth-order valence-corrected chi connectivity index (χ4v) is 3.20. The van der Waals surface area contributed by atoms with E-state index < -0.39 is 5.60 Å². The zero-order valence-electron chi connectivity index (χ0n) is 16.7. The summed E-state index contributed by atoms with van der Waals surface area (Å²) in [7, 11) is 3.13. The number of methoxy groups -OCH3 is 2. The number of aromatic hydroxyl groups is 1. The number of phenols is 1. The van der Waals surface area contributed by atoms with Gasteiger partial charge in [0.2, 0.25) is 5.75 Å². The van der Waals surface area contributed by atoms with Gasteiger partial charge in [0.25, 0.3) is 0 Å². The van der Waals surface area contributed by atoms with Gasteiger partial charge in [-0.15, -0.1) is 0 Å². The number of rotatable bonds is 12. The Balaban J connectivity index is 2.31. The van der Waals surface area contributed by atoms with E-state index in [0.29, 0.717) is 11.5 Å². The van der Waals surface area contributed by atoms with Gasteiger partial charge in [-0.3, -0.25) is 0 Å². The van der Waals surface area contributed by atoms with Gasteiger partial charge in [-0.25, -0.2) is 0 Å². The summed E-state index contributed by atoms with van der Waals surface area (Å²) in [5.74, 6) is 1.22. The van der Waals surface area contributed by atoms with Gasteiger partial charge in [0.05, 0.1) is 19.8 Å². The number of hydrogen-bond acceptors (Lipinski definition) is 4. The maximum absolute atomic E-state index is 10.4. The number of benzene rings is 1. The molecule has 4 nitrogen and oxygen atoms in total. The molecule has 0 heterocycles. The van der Waals surface area contributed by atoms with E-state index in [1.54, 1.807) is 14.2 Å². The van der Waals surface area contributed by atoms with Gasteiger partial charge in [0.15, 0.2) is 11.5 Å². The average Bonchev–Trinajstić information content (AvgIpc) is 2.54. The molecular weight excluding hydrogens is 316 g/mol. The Labute approximate surface area is 153 Å². The molecule has 4 heteroatoms. The lowest BCUT2D eigenvalue weighted by molar-refractivity contribution is 0.0680. The van der Waals surface area contributed by atoms with Crippen molar-refractivity contribution in [1.82, 2.24) is 0 Å².